The van der Waals surface area contributed by atoms with E-state index in [0.717, 1.165) is 4.47 Å². The molecular weight excluding hydrogens is 360 g/mol. The SMILES string of the molecule is N/C(=N/O)c1cc(Br)ccc1NC(=O)c1ccc(Cl)cn1. The van der Waals surface area contributed by atoms with E-state index in [-0.39, 0.29) is 11.5 Å². The summed E-state index contributed by atoms with van der Waals surface area (Å²) in [5, 5.41) is 14.8. The number of oxime groups is 1. The molecule has 1 heterocycles. The Morgan fingerprint density at radius 1 is 1.38 bits per heavy atom. The highest BCUT2D eigenvalue weighted by Gasteiger charge is 2.13. The standard InChI is InChI=1S/C13H10BrClN4O2/c14-7-1-3-10(9(5-7)12(16)19-21)18-13(20)11-4-2-8(15)6-17-11/h1-6,21H,(H2,16,19)(H,18,20). The number of hydrogen-bond donors (Lipinski definition) is 3. The molecule has 0 radical (unpaired) electrons. The van der Waals surface area contributed by atoms with E-state index < -0.39 is 5.91 Å². The first-order valence-electron chi connectivity index (χ1n) is 5.71. The Balaban J connectivity index is 2.31. The predicted octanol–water partition coefficient (Wildman–Crippen LogP) is 2.84. The molecule has 8 heteroatoms. The molecule has 1 amide bonds. The van der Waals surface area contributed by atoms with Crippen molar-refractivity contribution >= 4 is 45.0 Å². The minimum Gasteiger partial charge on any atom is -0.409 e. The number of amides is 1. The number of halogens is 2. The van der Waals surface area contributed by atoms with Crippen molar-refractivity contribution in [3.05, 3.63) is 57.3 Å². The molecule has 0 saturated carbocycles. The average Bonchev–Trinajstić information content (AvgIpc) is 2.48. The van der Waals surface area contributed by atoms with Gasteiger partial charge in [0.1, 0.15) is 5.69 Å². The number of benzene rings is 1. The molecule has 2 aromatic rings. The minimum absolute atomic E-state index is 0.115. The third-order valence-electron chi connectivity index (χ3n) is 2.57. The maximum Gasteiger partial charge on any atom is 0.274 e. The van der Waals surface area contributed by atoms with Crippen LogP contribution in [-0.2, 0) is 0 Å². The maximum atomic E-state index is 12.1. The zero-order valence-corrected chi connectivity index (χ0v) is 12.9. The Labute approximate surface area is 133 Å². The number of carbonyl (C=O) groups is 1. The van der Waals surface area contributed by atoms with Crippen LogP contribution in [0.5, 0.6) is 0 Å². The summed E-state index contributed by atoms with van der Waals surface area (Å²) >= 11 is 9.00. The molecule has 0 unspecified atom stereocenters. The Morgan fingerprint density at radius 3 is 2.76 bits per heavy atom. The average molecular weight is 370 g/mol. The fourth-order valence-corrected chi connectivity index (χ4v) is 2.06. The summed E-state index contributed by atoms with van der Waals surface area (Å²) in [6, 6.07) is 8.04. The van der Waals surface area contributed by atoms with Gasteiger partial charge in [0.05, 0.1) is 10.7 Å². The van der Waals surface area contributed by atoms with Gasteiger partial charge >= 0.3 is 0 Å². The number of amidine groups is 1. The number of nitrogens with zero attached hydrogens (tertiary/aromatic N) is 2. The fourth-order valence-electron chi connectivity index (χ4n) is 1.59. The molecule has 0 spiro atoms. The summed E-state index contributed by atoms with van der Waals surface area (Å²) in [5.41, 5.74) is 6.58. The van der Waals surface area contributed by atoms with Crippen molar-refractivity contribution in [2.75, 3.05) is 5.32 Å². The monoisotopic (exact) mass is 368 g/mol. The van der Waals surface area contributed by atoms with Gasteiger partial charge in [-0.15, -0.1) is 0 Å². The van der Waals surface area contributed by atoms with Crippen LogP contribution in [0.4, 0.5) is 5.69 Å². The number of pyridine rings is 1. The highest BCUT2D eigenvalue weighted by Crippen LogP contribution is 2.21. The quantitative estimate of drug-likeness (QED) is 0.335. The van der Waals surface area contributed by atoms with Crippen LogP contribution < -0.4 is 11.1 Å². The third-order valence-corrected chi connectivity index (χ3v) is 3.29. The lowest BCUT2D eigenvalue weighted by molar-refractivity contribution is 0.102. The summed E-state index contributed by atoms with van der Waals surface area (Å²) in [6.45, 7) is 0. The summed E-state index contributed by atoms with van der Waals surface area (Å²) in [5.74, 6) is -0.545. The van der Waals surface area contributed by atoms with Crippen LogP contribution in [0.15, 0.2) is 46.2 Å². The number of rotatable bonds is 3. The van der Waals surface area contributed by atoms with E-state index in [9.17, 15) is 4.79 Å². The topological polar surface area (TPSA) is 101 Å². The Morgan fingerprint density at radius 2 is 2.14 bits per heavy atom. The highest BCUT2D eigenvalue weighted by molar-refractivity contribution is 9.10. The Kier molecular flexibility index (Phi) is 4.77. The van der Waals surface area contributed by atoms with Crippen molar-refractivity contribution in [3.8, 4) is 0 Å². The van der Waals surface area contributed by atoms with Crippen molar-refractivity contribution in [2.24, 2.45) is 10.9 Å². The molecule has 1 aromatic carbocycles. The van der Waals surface area contributed by atoms with Crippen molar-refractivity contribution in [3.63, 3.8) is 0 Å². The van der Waals surface area contributed by atoms with Crippen molar-refractivity contribution in [1.82, 2.24) is 4.98 Å². The summed E-state index contributed by atoms with van der Waals surface area (Å²) in [7, 11) is 0. The van der Waals surface area contributed by atoms with Gasteiger partial charge in [0.2, 0.25) is 0 Å². The molecule has 0 aliphatic rings. The number of carbonyl (C=O) groups excluding carboxylic acids is 1. The zero-order valence-electron chi connectivity index (χ0n) is 10.5. The van der Waals surface area contributed by atoms with Gasteiger partial charge in [0.15, 0.2) is 5.84 Å². The van der Waals surface area contributed by atoms with Gasteiger partial charge in [-0.2, -0.15) is 0 Å². The second-order valence-electron chi connectivity index (χ2n) is 3.99. The molecule has 4 N–H and O–H groups in total. The van der Waals surface area contributed by atoms with Crippen LogP contribution in [0.2, 0.25) is 5.02 Å². The largest absolute Gasteiger partial charge is 0.409 e. The molecule has 0 aliphatic heterocycles. The first kappa shape index (κ1) is 15.3. The lowest BCUT2D eigenvalue weighted by Crippen LogP contribution is -2.19. The maximum absolute atomic E-state index is 12.1. The van der Waals surface area contributed by atoms with Gasteiger partial charge < -0.3 is 16.3 Å². The van der Waals surface area contributed by atoms with E-state index in [1.165, 1.54) is 12.3 Å². The molecular formula is C13H10BrClN4O2. The Bertz CT molecular complexity index is 704. The fraction of sp³-hybridized carbons (Fsp3) is 0. The van der Waals surface area contributed by atoms with E-state index in [1.807, 2.05) is 0 Å². The van der Waals surface area contributed by atoms with Gasteiger partial charge in [-0.05, 0) is 30.3 Å². The predicted molar refractivity (Wildman–Crippen MR) is 83.9 cm³/mol. The van der Waals surface area contributed by atoms with Crippen molar-refractivity contribution in [2.45, 2.75) is 0 Å². The van der Waals surface area contributed by atoms with Gasteiger partial charge in [-0.3, -0.25) is 4.79 Å². The second kappa shape index (κ2) is 6.55. The molecule has 2 rings (SSSR count). The molecule has 0 saturated heterocycles. The van der Waals surface area contributed by atoms with Crippen LogP contribution in [0.3, 0.4) is 0 Å². The minimum atomic E-state index is -0.430. The van der Waals surface area contributed by atoms with Crippen LogP contribution in [0.1, 0.15) is 16.1 Å². The van der Waals surface area contributed by atoms with E-state index in [1.54, 1.807) is 24.3 Å². The summed E-state index contributed by atoms with van der Waals surface area (Å²) < 4.78 is 0.728. The third kappa shape index (κ3) is 3.71. The van der Waals surface area contributed by atoms with Crippen LogP contribution in [-0.4, -0.2) is 21.9 Å². The summed E-state index contributed by atoms with van der Waals surface area (Å²) in [6.07, 6.45) is 1.38. The second-order valence-corrected chi connectivity index (χ2v) is 5.34. The molecule has 6 nitrogen and oxygen atoms in total. The van der Waals surface area contributed by atoms with E-state index in [2.05, 4.69) is 31.4 Å². The molecule has 0 aliphatic carbocycles. The molecule has 21 heavy (non-hydrogen) atoms. The Hall–Kier alpha value is -2.12. The number of nitrogens with one attached hydrogen (secondary N) is 1. The van der Waals surface area contributed by atoms with Gasteiger partial charge in [-0.1, -0.05) is 32.7 Å². The van der Waals surface area contributed by atoms with Crippen LogP contribution >= 0.6 is 27.5 Å². The first-order valence-corrected chi connectivity index (χ1v) is 6.88. The van der Waals surface area contributed by atoms with E-state index in [0.29, 0.717) is 16.3 Å². The van der Waals surface area contributed by atoms with Crippen LogP contribution in [0.25, 0.3) is 0 Å². The normalized spacial score (nSPS) is 11.2. The lowest BCUT2D eigenvalue weighted by atomic mass is 10.1. The molecule has 0 fully saturated rings. The zero-order chi connectivity index (χ0) is 15.4. The molecule has 108 valence electrons. The van der Waals surface area contributed by atoms with E-state index in [4.69, 9.17) is 22.5 Å². The van der Waals surface area contributed by atoms with Crippen molar-refractivity contribution < 1.29 is 10.0 Å². The molecule has 0 bridgehead atoms. The number of nitrogens with two attached hydrogens (primary N) is 1. The van der Waals surface area contributed by atoms with Crippen LogP contribution in [0, 0.1) is 0 Å². The first-order chi connectivity index (χ1) is 10.0. The number of anilines is 1. The van der Waals surface area contributed by atoms with Gasteiger partial charge in [0, 0.05) is 16.2 Å². The summed E-state index contributed by atoms with van der Waals surface area (Å²) in [4.78, 5) is 16.0. The van der Waals surface area contributed by atoms with E-state index >= 15 is 0 Å². The van der Waals surface area contributed by atoms with Gasteiger partial charge in [0.25, 0.3) is 5.91 Å². The number of aromatic nitrogens is 1. The number of hydrogen-bond acceptors (Lipinski definition) is 4. The highest BCUT2D eigenvalue weighted by atomic mass is 79.9. The smallest absolute Gasteiger partial charge is 0.274 e. The molecule has 1 aromatic heterocycles. The van der Waals surface area contributed by atoms with Gasteiger partial charge in [-0.25, -0.2) is 4.98 Å². The molecule has 0 atom stereocenters. The van der Waals surface area contributed by atoms with Crippen molar-refractivity contribution in [1.29, 1.82) is 0 Å². The lowest BCUT2D eigenvalue weighted by Gasteiger charge is -2.10.